The van der Waals surface area contributed by atoms with Crippen LogP contribution < -0.4 is 26.8 Å². The van der Waals surface area contributed by atoms with Crippen LogP contribution in [0.3, 0.4) is 0 Å². The molecule has 160 valence electrons. The van der Waals surface area contributed by atoms with Crippen molar-refractivity contribution in [3.05, 3.63) is 35.9 Å². The maximum Gasteiger partial charge on any atom is 0.295 e. The molecular weight excluding hydrogens is 396 g/mol. The van der Waals surface area contributed by atoms with Crippen LogP contribution in [0.2, 0.25) is 0 Å². The van der Waals surface area contributed by atoms with Crippen molar-refractivity contribution in [1.29, 1.82) is 0 Å². The summed E-state index contributed by atoms with van der Waals surface area (Å²) in [5, 5.41) is 5.47. The third kappa shape index (κ3) is 4.92. The first-order valence-corrected chi connectivity index (χ1v) is 9.59. The van der Waals surface area contributed by atoms with Crippen LogP contribution >= 0.6 is 0 Å². The summed E-state index contributed by atoms with van der Waals surface area (Å²) in [7, 11) is 0. The Bertz CT molecular complexity index is 908. The molecule has 1 aliphatic carbocycles. The van der Waals surface area contributed by atoms with Gasteiger partial charge in [0.25, 0.3) is 6.43 Å². The Balaban J connectivity index is 1.54. The second kappa shape index (κ2) is 8.76. The number of aromatic nitrogens is 1. The number of ether oxygens (including phenoxy) is 2. The molecule has 11 heteroatoms. The number of nitrogens with one attached hydrogen (secondary N) is 2. The van der Waals surface area contributed by atoms with Crippen LogP contribution in [0.25, 0.3) is 5.57 Å². The Morgan fingerprint density at radius 2 is 2.20 bits per heavy atom. The lowest BCUT2D eigenvalue weighted by Gasteiger charge is -2.22. The van der Waals surface area contributed by atoms with Crippen molar-refractivity contribution in [2.45, 2.75) is 37.6 Å². The van der Waals surface area contributed by atoms with Crippen molar-refractivity contribution < 1.29 is 18.3 Å². The normalized spacial score (nSPS) is 22.4. The number of nitrogens with two attached hydrogens (primary N) is 2. The van der Waals surface area contributed by atoms with E-state index in [0.717, 1.165) is 12.8 Å². The molecule has 0 bridgehead atoms. The molecule has 4 rings (SSSR count). The minimum absolute atomic E-state index is 0.126. The number of aliphatic imine (C=N–C) groups is 2. The highest BCUT2D eigenvalue weighted by Crippen LogP contribution is 2.33. The molecule has 1 aromatic heterocycles. The van der Waals surface area contributed by atoms with Crippen LogP contribution in [0, 0.1) is 0 Å². The van der Waals surface area contributed by atoms with Gasteiger partial charge in [0.15, 0.2) is 5.84 Å². The van der Waals surface area contributed by atoms with Gasteiger partial charge in [0.2, 0.25) is 0 Å². The molecule has 0 spiro atoms. The quantitative estimate of drug-likeness (QED) is 0.466. The topological polar surface area (TPSA) is 132 Å². The van der Waals surface area contributed by atoms with Crippen molar-refractivity contribution in [3.63, 3.8) is 0 Å². The van der Waals surface area contributed by atoms with Crippen LogP contribution in [-0.4, -0.2) is 55.0 Å². The average molecular weight is 419 g/mol. The summed E-state index contributed by atoms with van der Waals surface area (Å²) in [4.78, 5) is 12.5. The predicted molar refractivity (Wildman–Crippen MR) is 109 cm³/mol. The lowest BCUT2D eigenvalue weighted by atomic mass is 10.1. The number of anilines is 1. The molecule has 30 heavy (non-hydrogen) atoms. The lowest BCUT2D eigenvalue weighted by Crippen LogP contribution is -2.39. The molecule has 1 aromatic rings. The van der Waals surface area contributed by atoms with Gasteiger partial charge in [0.1, 0.15) is 23.6 Å². The monoisotopic (exact) mass is 419 g/mol. The van der Waals surface area contributed by atoms with Crippen molar-refractivity contribution in [2.75, 3.05) is 18.5 Å². The third-order valence-corrected chi connectivity index (χ3v) is 4.58. The summed E-state index contributed by atoms with van der Waals surface area (Å²) < 4.78 is 37.1. The van der Waals surface area contributed by atoms with Crippen molar-refractivity contribution in [3.8, 4) is 5.75 Å². The minimum Gasteiger partial charge on any atom is -0.490 e. The number of rotatable bonds is 8. The van der Waals surface area contributed by atoms with Crippen LogP contribution in [0.5, 0.6) is 5.75 Å². The molecule has 1 unspecified atom stereocenters. The molecule has 0 radical (unpaired) electrons. The average Bonchev–Trinajstić information content (AvgIpc) is 3.48. The van der Waals surface area contributed by atoms with E-state index in [-0.39, 0.29) is 18.0 Å². The van der Waals surface area contributed by atoms with Crippen molar-refractivity contribution in [2.24, 2.45) is 21.5 Å². The smallest absolute Gasteiger partial charge is 0.295 e. The van der Waals surface area contributed by atoms with Gasteiger partial charge in [-0.1, -0.05) is 0 Å². The maximum atomic E-state index is 13.0. The highest BCUT2D eigenvalue weighted by Gasteiger charge is 2.26. The molecule has 0 aromatic carbocycles. The Labute approximate surface area is 171 Å². The number of hydrogen-bond acceptors (Lipinski definition) is 9. The van der Waals surface area contributed by atoms with Gasteiger partial charge in [-0.15, -0.1) is 0 Å². The lowest BCUT2D eigenvalue weighted by molar-refractivity contribution is 0.0136. The molecule has 1 saturated carbocycles. The standard InChI is InChI=1S/C19H23F2N7O2/c20-18(21)19-26-15(23)4-17(28-19)27-16-3-14(30-12-1-2-12)13(7-25-16)10(5-22)6-24-11-8-29-9-11/h3-7,11-12,15,18H,1-2,8-9,22-23H2,(H,25,27)(H,26,28)/b10-5+,24-6?. The molecule has 1 atom stereocenters. The molecule has 3 heterocycles. The second-order valence-corrected chi connectivity index (χ2v) is 7.11. The molecule has 6 N–H and O–H groups in total. The minimum atomic E-state index is -2.76. The molecule has 2 fully saturated rings. The zero-order valence-corrected chi connectivity index (χ0v) is 16.1. The fourth-order valence-corrected chi connectivity index (χ4v) is 2.78. The number of alkyl halides is 2. The Morgan fingerprint density at radius 3 is 2.83 bits per heavy atom. The predicted octanol–water partition coefficient (Wildman–Crippen LogP) is 1.20. The van der Waals surface area contributed by atoms with Gasteiger partial charge in [0, 0.05) is 35.8 Å². The van der Waals surface area contributed by atoms with E-state index in [0.29, 0.717) is 35.9 Å². The van der Waals surface area contributed by atoms with Crippen molar-refractivity contribution >= 4 is 23.4 Å². The summed E-state index contributed by atoms with van der Waals surface area (Å²) >= 11 is 0. The first kappa shape index (κ1) is 20.2. The van der Waals surface area contributed by atoms with E-state index in [9.17, 15) is 8.78 Å². The summed E-state index contributed by atoms with van der Waals surface area (Å²) in [5.41, 5.74) is 12.9. The molecular formula is C19H23F2N7O2. The van der Waals surface area contributed by atoms with Gasteiger partial charge < -0.3 is 31.6 Å². The van der Waals surface area contributed by atoms with Crippen LogP contribution in [0.15, 0.2) is 40.3 Å². The van der Waals surface area contributed by atoms with Gasteiger partial charge in [-0.25, -0.2) is 18.8 Å². The summed E-state index contributed by atoms with van der Waals surface area (Å²) in [6.45, 7) is 1.18. The zero-order chi connectivity index (χ0) is 21.1. The van der Waals surface area contributed by atoms with E-state index < -0.39 is 18.4 Å². The summed E-state index contributed by atoms with van der Waals surface area (Å²) in [6, 6.07) is 1.82. The molecule has 9 nitrogen and oxygen atoms in total. The van der Waals surface area contributed by atoms with E-state index >= 15 is 0 Å². The number of allylic oxidation sites excluding steroid dienone is 1. The Hall–Kier alpha value is -3.05. The van der Waals surface area contributed by atoms with Crippen LogP contribution in [-0.2, 0) is 4.74 Å². The van der Waals surface area contributed by atoms with Crippen LogP contribution in [0.4, 0.5) is 14.6 Å². The first-order chi connectivity index (χ1) is 14.5. The number of nitrogens with zero attached hydrogens (tertiary/aromatic N) is 3. The summed E-state index contributed by atoms with van der Waals surface area (Å²) in [6.07, 6.45) is 4.66. The number of amidine groups is 1. The van der Waals surface area contributed by atoms with E-state index in [1.165, 1.54) is 12.3 Å². The second-order valence-electron chi connectivity index (χ2n) is 7.11. The number of halogens is 2. The van der Waals surface area contributed by atoms with Gasteiger partial charge in [-0.05, 0) is 18.9 Å². The largest absolute Gasteiger partial charge is 0.490 e. The van der Waals surface area contributed by atoms with Gasteiger partial charge in [-0.2, -0.15) is 0 Å². The van der Waals surface area contributed by atoms with E-state index in [1.807, 2.05) is 0 Å². The number of pyridine rings is 1. The first-order valence-electron chi connectivity index (χ1n) is 9.59. The van der Waals surface area contributed by atoms with Gasteiger partial charge in [-0.3, -0.25) is 4.99 Å². The van der Waals surface area contributed by atoms with E-state index in [2.05, 4.69) is 25.6 Å². The fourth-order valence-electron chi connectivity index (χ4n) is 2.78. The van der Waals surface area contributed by atoms with Crippen molar-refractivity contribution in [1.82, 2.24) is 10.3 Å². The number of hydrogen-bond donors (Lipinski definition) is 4. The molecule has 3 aliphatic rings. The molecule has 2 aliphatic heterocycles. The SMILES string of the molecule is N/C=C(\C=NC1COC1)c1cnc(NC2=CC(N)N=C(C(F)F)N2)cc1OC1CC1. The molecule has 0 amide bonds. The molecule has 1 saturated heterocycles. The fraction of sp³-hybridized carbons (Fsp3) is 0.421. The van der Waals surface area contributed by atoms with E-state index in [1.54, 1.807) is 18.5 Å². The maximum absolute atomic E-state index is 13.0. The zero-order valence-electron chi connectivity index (χ0n) is 16.1. The van der Waals surface area contributed by atoms with E-state index in [4.69, 9.17) is 20.9 Å². The summed E-state index contributed by atoms with van der Waals surface area (Å²) in [5.74, 6) is 0.748. The van der Waals surface area contributed by atoms with Gasteiger partial charge in [0.05, 0.1) is 25.4 Å². The van der Waals surface area contributed by atoms with Crippen LogP contribution in [0.1, 0.15) is 18.4 Å². The highest BCUT2D eigenvalue weighted by molar-refractivity contribution is 6.10. The van der Waals surface area contributed by atoms with Gasteiger partial charge >= 0.3 is 0 Å². The highest BCUT2D eigenvalue weighted by atomic mass is 19.3. The third-order valence-electron chi connectivity index (χ3n) is 4.58. The Kier molecular flexibility index (Phi) is 5.91. The Morgan fingerprint density at radius 1 is 1.40 bits per heavy atom.